The highest BCUT2D eigenvalue weighted by molar-refractivity contribution is 6.04. The highest BCUT2D eigenvalue weighted by Crippen LogP contribution is 2.20. The summed E-state index contributed by atoms with van der Waals surface area (Å²) in [5.41, 5.74) is 3.31. The number of fused-ring (bicyclic) bond motifs is 1. The Kier molecular flexibility index (Phi) is 4.44. The molecule has 1 aliphatic rings. The van der Waals surface area contributed by atoms with Crippen molar-refractivity contribution in [2.75, 3.05) is 6.54 Å². The summed E-state index contributed by atoms with van der Waals surface area (Å²) < 4.78 is 13.8. The van der Waals surface area contributed by atoms with Crippen LogP contribution < -0.4 is 0 Å². The standard InChI is InChI=1S/C21H18FN3O/c22-17-6-3-5-16(13-17)20(24-25-12-4-9-21(25)26)14-15-10-11-23-19-8-2-1-7-18(15)19/h1-3,5-8,10-11,13H,4,9,12,14H2. The zero-order chi connectivity index (χ0) is 17.9. The third-order valence-corrected chi connectivity index (χ3v) is 4.54. The summed E-state index contributed by atoms with van der Waals surface area (Å²) in [7, 11) is 0. The number of carbonyl (C=O) groups excluding carboxylic acids is 1. The van der Waals surface area contributed by atoms with Crippen LogP contribution in [-0.2, 0) is 11.2 Å². The third-order valence-electron chi connectivity index (χ3n) is 4.54. The van der Waals surface area contributed by atoms with E-state index in [1.165, 1.54) is 17.1 Å². The van der Waals surface area contributed by atoms with Gasteiger partial charge in [0.25, 0.3) is 0 Å². The number of hydrogen-bond acceptors (Lipinski definition) is 3. The Bertz CT molecular complexity index is 994. The van der Waals surface area contributed by atoms with Gasteiger partial charge in [-0.1, -0.05) is 30.3 Å². The van der Waals surface area contributed by atoms with Gasteiger partial charge in [-0.3, -0.25) is 9.78 Å². The van der Waals surface area contributed by atoms with Gasteiger partial charge in [0.1, 0.15) is 5.82 Å². The molecule has 2 aromatic carbocycles. The van der Waals surface area contributed by atoms with E-state index in [1.807, 2.05) is 36.4 Å². The van der Waals surface area contributed by atoms with Gasteiger partial charge in [-0.05, 0) is 36.2 Å². The van der Waals surface area contributed by atoms with E-state index in [2.05, 4.69) is 10.1 Å². The minimum atomic E-state index is -0.317. The molecule has 1 aliphatic heterocycles. The average Bonchev–Trinajstić information content (AvgIpc) is 3.06. The molecule has 0 spiro atoms. The highest BCUT2D eigenvalue weighted by atomic mass is 19.1. The number of aromatic nitrogens is 1. The van der Waals surface area contributed by atoms with Gasteiger partial charge in [-0.15, -0.1) is 0 Å². The van der Waals surface area contributed by atoms with Crippen molar-refractivity contribution in [1.29, 1.82) is 0 Å². The molecule has 1 saturated heterocycles. The largest absolute Gasteiger partial charge is 0.273 e. The van der Waals surface area contributed by atoms with Crippen LogP contribution in [0.3, 0.4) is 0 Å². The number of amides is 1. The number of rotatable bonds is 4. The third kappa shape index (κ3) is 3.33. The number of pyridine rings is 1. The molecule has 3 aromatic rings. The fraction of sp³-hybridized carbons (Fsp3) is 0.190. The maximum absolute atomic E-state index is 13.8. The first-order valence-corrected chi connectivity index (χ1v) is 8.67. The van der Waals surface area contributed by atoms with E-state index in [9.17, 15) is 9.18 Å². The lowest BCUT2D eigenvalue weighted by Crippen LogP contribution is -2.22. The molecule has 0 aliphatic carbocycles. The van der Waals surface area contributed by atoms with Crippen LogP contribution in [-0.4, -0.2) is 28.2 Å². The van der Waals surface area contributed by atoms with Crippen molar-refractivity contribution in [2.24, 2.45) is 5.10 Å². The number of carbonyl (C=O) groups is 1. The molecule has 4 nitrogen and oxygen atoms in total. The van der Waals surface area contributed by atoms with Crippen molar-refractivity contribution in [3.63, 3.8) is 0 Å². The molecule has 2 heterocycles. The van der Waals surface area contributed by atoms with Crippen LogP contribution in [0.15, 0.2) is 65.9 Å². The summed E-state index contributed by atoms with van der Waals surface area (Å²) in [4.78, 5) is 16.4. The van der Waals surface area contributed by atoms with E-state index in [-0.39, 0.29) is 11.7 Å². The number of para-hydroxylation sites is 1. The quantitative estimate of drug-likeness (QED) is 0.671. The molecule has 4 rings (SSSR count). The Hall–Kier alpha value is -3.08. The molecule has 0 saturated carbocycles. The summed E-state index contributed by atoms with van der Waals surface area (Å²) in [6.07, 6.45) is 3.58. The van der Waals surface area contributed by atoms with Crippen molar-refractivity contribution in [3.8, 4) is 0 Å². The van der Waals surface area contributed by atoms with Crippen molar-refractivity contribution in [1.82, 2.24) is 9.99 Å². The van der Waals surface area contributed by atoms with Gasteiger partial charge in [0.15, 0.2) is 0 Å². The second-order valence-electron chi connectivity index (χ2n) is 6.34. The van der Waals surface area contributed by atoms with Gasteiger partial charge in [0.2, 0.25) is 5.91 Å². The fourth-order valence-corrected chi connectivity index (χ4v) is 3.24. The van der Waals surface area contributed by atoms with E-state index in [0.717, 1.165) is 22.9 Å². The molecule has 130 valence electrons. The average molecular weight is 347 g/mol. The first-order chi connectivity index (χ1) is 12.7. The Morgan fingerprint density at radius 3 is 2.85 bits per heavy atom. The van der Waals surface area contributed by atoms with Crippen LogP contribution in [0.2, 0.25) is 0 Å². The van der Waals surface area contributed by atoms with Gasteiger partial charge < -0.3 is 0 Å². The van der Waals surface area contributed by atoms with Crippen LogP contribution >= 0.6 is 0 Å². The predicted octanol–water partition coefficient (Wildman–Crippen LogP) is 3.94. The predicted molar refractivity (Wildman–Crippen MR) is 99.3 cm³/mol. The maximum atomic E-state index is 13.8. The van der Waals surface area contributed by atoms with E-state index in [1.54, 1.807) is 12.3 Å². The lowest BCUT2D eigenvalue weighted by atomic mass is 9.99. The normalized spacial score (nSPS) is 15.0. The molecule has 5 heteroatoms. The number of nitrogens with zero attached hydrogens (tertiary/aromatic N) is 3. The lowest BCUT2D eigenvalue weighted by molar-refractivity contribution is -0.127. The minimum Gasteiger partial charge on any atom is -0.273 e. The molecule has 26 heavy (non-hydrogen) atoms. The van der Waals surface area contributed by atoms with Crippen LogP contribution in [0.25, 0.3) is 10.9 Å². The molecule has 0 atom stereocenters. The summed E-state index contributed by atoms with van der Waals surface area (Å²) >= 11 is 0. The number of hydrazone groups is 1. The molecule has 0 unspecified atom stereocenters. The van der Waals surface area contributed by atoms with Crippen LogP contribution in [0, 0.1) is 5.82 Å². The Morgan fingerprint density at radius 2 is 2.04 bits per heavy atom. The van der Waals surface area contributed by atoms with E-state index < -0.39 is 0 Å². The van der Waals surface area contributed by atoms with Gasteiger partial charge in [0, 0.05) is 36.5 Å². The van der Waals surface area contributed by atoms with Crippen molar-refractivity contribution in [3.05, 3.63) is 77.7 Å². The molecular formula is C21H18FN3O. The topological polar surface area (TPSA) is 45.6 Å². The fourth-order valence-electron chi connectivity index (χ4n) is 3.24. The van der Waals surface area contributed by atoms with Crippen LogP contribution in [0.4, 0.5) is 4.39 Å². The Morgan fingerprint density at radius 1 is 1.15 bits per heavy atom. The molecule has 1 aromatic heterocycles. The van der Waals surface area contributed by atoms with Crippen molar-refractivity contribution >= 4 is 22.5 Å². The second kappa shape index (κ2) is 7.04. The molecule has 0 radical (unpaired) electrons. The van der Waals surface area contributed by atoms with Crippen LogP contribution in [0.1, 0.15) is 24.0 Å². The monoisotopic (exact) mass is 347 g/mol. The van der Waals surface area contributed by atoms with E-state index >= 15 is 0 Å². The zero-order valence-corrected chi connectivity index (χ0v) is 14.2. The van der Waals surface area contributed by atoms with Gasteiger partial charge in [-0.2, -0.15) is 5.10 Å². The molecule has 0 bridgehead atoms. The van der Waals surface area contributed by atoms with E-state index in [0.29, 0.717) is 30.7 Å². The molecule has 1 amide bonds. The highest BCUT2D eigenvalue weighted by Gasteiger charge is 2.21. The number of halogens is 1. The van der Waals surface area contributed by atoms with Crippen molar-refractivity contribution < 1.29 is 9.18 Å². The van der Waals surface area contributed by atoms with E-state index in [4.69, 9.17) is 0 Å². The van der Waals surface area contributed by atoms with Crippen molar-refractivity contribution in [2.45, 2.75) is 19.3 Å². The lowest BCUT2D eigenvalue weighted by Gasteiger charge is -2.14. The molecule has 1 fully saturated rings. The summed E-state index contributed by atoms with van der Waals surface area (Å²) in [5.74, 6) is -0.305. The van der Waals surface area contributed by atoms with Gasteiger partial charge >= 0.3 is 0 Å². The maximum Gasteiger partial charge on any atom is 0.242 e. The second-order valence-corrected chi connectivity index (χ2v) is 6.34. The molecular weight excluding hydrogens is 329 g/mol. The Balaban J connectivity index is 1.77. The first-order valence-electron chi connectivity index (χ1n) is 8.67. The molecule has 0 N–H and O–H groups in total. The van der Waals surface area contributed by atoms with Gasteiger partial charge in [-0.25, -0.2) is 9.40 Å². The SMILES string of the molecule is O=C1CCCN1N=C(Cc1ccnc2ccccc12)c1cccc(F)c1. The number of benzene rings is 2. The zero-order valence-electron chi connectivity index (χ0n) is 14.2. The summed E-state index contributed by atoms with van der Waals surface area (Å²) in [6, 6.07) is 16.2. The minimum absolute atomic E-state index is 0.0125. The summed E-state index contributed by atoms with van der Waals surface area (Å²) in [5, 5.41) is 7.12. The number of hydrogen-bond donors (Lipinski definition) is 0. The van der Waals surface area contributed by atoms with Gasteiger partial charge in [0.05, 0.1) is 11.2 Å². The first kappa shape index (κ1) is 16.4. The van der Waals surface area contributed by atoms with Crippen LogP contribution in [0.5, 0.6) is 0 Å². The smallest absolute Gasteiger partial charge is 0.242 e. The summed E-state index contributed by atoms with van der Waals surface area (Å²) in [6.45, 7) is 0.606. The Labute approximate surface area is 151 Å².